The summed E-state index contributed by atoms with van der Waals surface area (Å²) >= 11 is 6.03. The van der Waals surface area contributed by atoms with E-state index in [0.29, 0.717) is 16.3 Å². The van der Waals surface area contributed by atoms with Crippen molar-refractivity contribution in [3.05, 3.63) is 39.9 Å². The van der Waals surface area contributed by atoms with Crippen LogP contribution < -0.4 is 4.74 Å². The molecule has 1 aromatic rings. The average molecular weight is 265 g/mol. The summed E-state index contributed by atoms with van der Waals surface area (Å²) in [4.78, 5) is 12.5. The topological polar surface area (TPSA) is 26.3 Å². The maximum absolute atomic E-state index is 12.5. The van der Waals surface area contributed by atoms with Gasteiger partial charge in [0.15, 0.2) is 5.78 Å². The van der Waals surface area contributed by atoms with Gasteiger partial charge < -0.3 is 4.74 Å². The molecule has 0 aliphatic heterocycles. The fraction of sp³-hybridized carbons (Fsp3) is 0.400. The minimum absolute atomic E-state index is 0.0529. The van der Waals surface area contributed by atoms with Crippen LogP contribution in [-0.2, 0) is 0 Å². The number of halogens is 1. The number of aryl methyl sites for hydroxylation is 1. The summed E-state index contributed by atoms with van der Waals surface area (Å²) in [7, 11) is 1.59. The summed E-state index contributed by atoms with van der Waals surface area (Å²) in [5.74, 6) is 0.688. The van der Waals surface area contributed by atoms with Gasteiger partial charge in [0.1, 0.15) is 5.75 Å². The number of carbonyl (C=O) groups is 1. The highest BCUT2D eigenvalue weighted by molar-refractivity contribution is 6.31. The molecular weight excluding hydrogens is 248 g/mol. The number of methoxy groups -OCH3 is 1. The summed E-state index contributed by atoms with van der Waals surface area (Å²) in [5.41, 5.74) is 2.36. The molecule has 0 saturated carbocycles. The fourth-order valence-corrected chi connectivity index (χ4v) is 2.66. The largest absolute Gasteiger partial charge is 0.496 e. The van der Waals surface area contributed by atoms with E-state index in [1.807, 2.05) is 19.1 Å². The lowest BCUT2D eigenvalue weighted by molar-refractivity contribution is 0.102. The first-order valence-electron chi connectivity index (χ1n) is 6.21. The van der Waals surface area contributed by atoms with Gasteiger partial charge in [0.05, 0.1) is 12.7 Å². The predicted molar refractivity (Wildman–Crippen MR) is 73.6 cm³/mol. The molecule has 2 rings (SSSR count). The van der Waals surface area contributed by atoms with E-state index < -0.39 is 0 Å². The Morgan fingerprint density at radius 2 is 2.11 bits per heavy atom. The van der Waals surface area contributed by atoms with Gasteiger partial charge in [-0.05, 0) is 55.9 Å². The molecule has 0 radical (unpaired) electrons. The van der Waals surface area contributed by atoms with Gasteiger partial charge in [0.25, 0.3) is 0 Å². The van der Waals surface area contributed by atoms with Crippen LogP contribution in [0.5, 0.6) is 5.75 Å². The smallest absolute Gasteiger partial charge is 0.192 e. The van der Waals surface area contributed by atoms with E-state index in [1.54, 1.807) is 13.2 Å². The van der Waals surface area contributed by atoms with E-state index in [9.17, 15) is 4.79 Å². The molecule has 0 amide bonds. The first-order valence-corrected chi connectivity index (χ1v) is 6.59. The zero-order valence-corrected chi connectivity index (χ0v) is 11.5. The van der Waals surface area contributed by atoms with Crippen LogP contribution in [-0.4, -0.2) is 12.9 Å². The first kappa shape index (κ1) is 13.2. The number of Topliss-reactive ketones (excluding diaryl/α,β-unsaturated/α-hetero) is 1. The van der Waals surface area contributed by atoms with Gasteiger partial charge >= 0.3 is 0 Å². The molecule has 2 nitrogen and oxygen atoms in total. The van der Waals surface area contributed by atoms with Crippen LogP contribution >= 0.6 is 11.6 Å². The molecule has 18 heavy (non-hydrogen) atoms. The van der Waals surface area contributed by atoms with Crippen LogP contribution in [0.3, 0.4) is 0 Å². The number of benzene rings is 1. The van der Waals surface area contributed by atoms with E-state index >= 15 is 0 Å². The van der Waals surface area contributed by atoms with E-state index in [1.165, 1.54) is 6.42 Å². The minimum atomic E-state index is 0.0529. The molecule has 1 aromatic carbocycles. The zero-order valence-electron chi connectivity index (χ0n) is 10.8. The molecule has 0 spiro atoms. The molecule has 0 fully saturated rings. The number of carbonyl (C=O) groups excluding carboxylic acids is 1. The molecule has 3 heteroatoms. The molecule has 0 N–H and O–H groups in total. The zero-order chi connectivity index (χ0) is 13.1. The molecule has 0 saturated heterocycles. The first-order chi connectivity index (χ1) is 8.63. The van der Waals surface area contributed by atoms with E-state index in [4.69, 9.17) is 16.3 Å². The fourth-order valence-electron chi connectivity index (χ4n) is 2.39. The second-order valence-corrected chi connectivity index (χ2v) is 5.04. The van der Waals surface area contributed by atoms with Crippen molar-refractivity contribution in [3.63, 3.8) is 0 Å². The second kappa shape index (κ2) is 5.57. The predicted octanol–water partition coefficient (Wildman–Crippen LogP) is 4.34. The number of hydrogen-bond acceptors (Lipinski definition) is 2. The molecule has 0 atom stereocenters. The lowest BCUT2D eigenvalue weighted by atomic mass is 9.92. The Morgan fingerprint density at radius 1 is 1.33 bits per heavy atom. The maximum Gasteiger partial charge on any atom is 0.192 e. The maximum atomic E-state index is 12.5. The van der Waals surface area contributed by atoms with E-state index in [2.05, 4.69) is 0 Å². The normalized spacial score (nSPS) is 15.2. The summed E-state index contributed by atoms with van der Waals surface area (Å²) < 4.78 is 5.34. The van der Waals surface area contributed by atoms with Crippen molar-refractivity contribution in [3.8, 4) is 5.75 Å². The highest BCUT2D eigenvalue weighted by Crippen LogP contribution is 2.31. The van der Waals surface area contributed by atoms with Gasteiger partial charge in [-0.2, -0.15) is 0 Å². The monoisotopic (exact) mass is 264 g/mol. The number of ether oxygens (including phenoxy) is 1. The van der Waals surface area contributed by atoms with Crippen molar-refractivity contribution in [2.75, 3.05) is 7.11 Å². The van der Waals surface area contributed by atoms with Gasteiger partial charge in [0.2, 0.25) is 0 Å². The van der Waals surface area contributed by atoms with Gasteiger partial charge in [-0.3, -0.25) is 4.79 Å². The molecular formula is C15H17ClO2. The average Bonchev–Trinajstić information content (AvgIpc) is 2.38. The Hall–Kier alpha value is -1.28. The van der Waals surface area contributed by atoms with Gasteiger partial charge in [0, 0.05) is 5.02 Å². The van der Waals surface area contributed by atoms with Gasteiger partial charge in [-0.15, -0.1) is 0 Å². The van der Waals surface area contributed by atoms with Crippen LogP contribution in [0.1, 0.15) is 41.6 Å². The summed E-state index contributed by atoms with van der Waals surface area (Å²) in [5, 5.41) is 0.577. The summed E-state index contributed by atoms with van der Waals surface area (Å²) in [6.45, 7) is 1.90. The molecule has 1 aliphatic carbocycles. The standard InChI is InChI=1S/C15H17ClO2/c1-10-8-12(16)9-13(15(10)18-2)14(17)11-6-4-3-5-7-11/h6,8-9H,3-5,7H2,1-2H3. The Bertz CT molecular complexity index is 503. The van der Waals surface area contributed by atoms with Crippen molar-refractivity contribution in [2.24, 2.45) is 0 Å². The van der Waals surface area contributed by atoms with Gasteiger partial charge in [-0.1, -0.05) is 17.7 Å². The number of ketones is 1. The minimum Gasteiger partial charge on any atom is -0.496 e. The number of hydrogen-bond donors (Lipinski definition) is 0. The lowest BCUT2D eigenvalue weighted by Crippen LogP contribution is -2.09. The molecule has 0 aromatic heterocycles. The Labute approximate surface area is 113 Å². The van der Waals surface area contributed by atoms with E-state index in [0.717, 1.165) is 30.4 Å². The van der Waals surface area contributed by atoms with Crippen LogP contribution in [0.25, 0.3) is 0 Å². The third-order valence-electron chi connectivity index (χ3n) is 3.27. The molecule has 1 aliphatic rings. The summed E-state index contributed by atoms with van der Waals surface area (Å²) in [6, 6.07) is 3.51. The quantitative estimate of drug-likeness (QED) is 0.759. The van der Waals surface area contributed by atoms with E-state index in [-0.39, 0.29) is 5.78 Å². The Kier molecular flexibility index (Phi) is 4.07. The SMILES string of the molecule is COc1c(C)cc(Cl)cc1C(=O)C1=CCCCC1. The molecule has 0 bridgehead atoms. The lowest BCUT2D eigenvalue weighted by Gasteiger charge is -2.15. The van der Waals surface area contributed by atoms with Crippen molar-refractivity contribution >= 4 is 17.4 Å². The highest BCUT2D eigenvalue weighted by atomic mass is 35.5. The number of allylic oxidation sites excluding steroid dienone is 2. The van der Waals surface area contributed by atoms with Crippen LogP contribution in [0, 0.1) is 6.92 Å². The van der Waals surface area contributed by atoms with Crippen molar-refractivity contribution < 1.29 is 9.53 Å². The number of rotatable bonds is 3. The molecule has 0 heterocycles. The van der Waals surface area contributed by atoms with Crippen molar-refractivity contribution in [2.45, 2.75) is 32.6 Å². The molecule has 0 unspecified atom stereocenters. The third-order valence-corrected chi connectivity index (χ3v) is 3.49. The van der Waals surface area contributed by atoms with Gasteiger partial charge in [-0.25, -0.2) is 0 Å². The molecule has 96 valence electrons. The highest BCUT2D eigenvalue weighted by Gasteiger charge is 2.20. The third kappa shape index (κ3) is 2.59. The van der Waals surface area contributed by atoms with Crippen molar-refractivity contribution in [1.82, 2.24) is 0 Å². The Balaban J connectivity index is 2.43. The van der Waals surface area contributed by atoms with Crippen LogP contribution in [0.15, 0.2) is 23.8 Å². The second-order valence-electron chi connectivity index (χ2n) is 4.61. The summed E-state index contributed by atoms with van der Waals surface area (Å²) in [6.07, 6.45) is 6.14. The van der Waals surface area contributed by atoms with Crippen molar-refractivity contribution in [1.29, 1.82) is 0 Å². The van der Waals surface area contributed by atoms with Crippen LogP contribution in [0.4, 0.5) is 0 Å². The Morgan fingerprint density at radius 3 is 2.72 bits per heavy atom. The van der Waals surface area contributed by atoms with Crippen LogP contribution in [0.2, 0.25) is 5.02 Å².